The van der Waals surface area contributed by atoms with Crippen LogP contribution in [0.25, 0.3) is 12.2 Å². The Morgan fingerprint density at radius 1 is 1.25 bits per heavy atom. The zero-order valence-electron chi connectivity index (χ0n) is 9.62. The Hall–Kier alpha value is -1.57. The summed E-state index contributed by atoms with van der Waals surface area (Å²) >= 11 is 0. The summed E-state index contributed by atoms with van der Waals surface area (Å²) < 4.78 is 0. The first-order chi connectivity index (χ1) is 7.83. The first-order valence-electron chi connectivity index (χ1n) is 5.92. The molecule has 16 heavy (non-hydrogen) atoms. The topological polar surface area (TPSA) is 29.1 Å². The van der Waals surface area contributed by atoms with E-state index in [9.17, 15) is 4.79 Å². The summed E-state index contributed by atoms with van der Waals surface area (Å²) in [5.41, 5.74) is 0.802. The minimum Gasteiger partial charge on any atom is -0.352 e. The van der Waals surface area contributed by atoms with E-state index >= 15 is 0 Å². The molecule has 0 atom stereocenters. The first kappa shape index (κ1) is 10.9. The highest BCUT2D eigenvalue weighted by molar-refractivity contribution is 5.96. The number of amides is 1. The van der Waals surface area contributed by atoms with E-state index in [4.69, 9.17) is 0 Å². The van der Waals surface area contributed by atoms with Gasteiger partial charge in [-0.25, -0.2) is 0 Å². The van der Waals surface area contributed by atoms with Gasteiger partial charge in [0.2, 0.25) is 0 Å². The highest BCUT2D eigenvalue weighted by atomic mass is 16.1. The zero-order chi connectivity index (χ0) is 11.4. The van der Waals surface area contributed by atoms with Crippen LogP contribution in [0.5, 0.6) is 0 Å². The second kappa shape index (κ2) is 4.97. The molecular weight excluding hydrogens is 198 g/mol. The van der Waals surface area contributed by atoms with Gasteiger partial charge < -0.3 is 5.32 Å². The molecule has 0 fully saturated rings. The lowest BCUT2D eigenvalue weighted by molar-refractivity contribution is 0.0952. The van der Waals surface area contributed by atoms with E-state index in [1.54, 1.807) is 0 Å². The summed E-state index contributed by atoms with van der Waals surface area (Å²) in [6.45, 7) is 2.94. The minimum atomic E-state index is 0.0531. The molecule has 2 heteroatoms. The molecule has 0 saturated heterocycles. The van der Waals surface area contributed by atoms with Crippen molar-refractivity contribution in [1.82, 2.24) is 5.32 Å². The van der Waals surface area contributed by atoms with Gasteiger partial charge >= 0.3 is 0 Å². The van der Waals surface area contributed by atoms with Gasteiger partial charge in [-0.05, 0) is 22.9 Å². The highest BCUT2D eigenvalue weighted by Gasteiger charge is 2.08. The maximum atomic E-state index is 11.9. The molecule has 2 rings (SSSR count). The van der Waals surface area contributed by atoms with Gasteiger partial charge in [0, 0.05) is 12.1 Å². The van der Waals surface area contributed by atoms with Gasteiger partial charge in [0.15, 0.2) is 0 Å². The lowest BCUT2D eigenvalue weighted by Gasteiger charge is -2.08. The monoisotopic (exact) mass is 215 g/mol. The number of unbranched alkanes of at least 4 members (excludes halogenated alkanes) is 2. The Kier molecular flexibility index (Phi) is 3.40. The summed E-state index contributed by atoms with van der Waals surface area (Å²) in [4.78, 5) is 11.9. The highest BCUT2D eigenvalue weighted by Crippen LogP contribution is 1.95. The fourth-order valence-electron chi connectivity index (χ4n) is 1.86. The Bertz CT molecular complexity index is 502. The van der Waals surface area contributed by atoms with E-state index in [1.807, 2.05) is 30.4 Å². The molecule has 0 radical (unpaired) electrons. The van der Waals surface area contributed by atoms with Gasteiger partial charge in [-0.3, -0.25) is 4.79 Å². The molecular formula is C14H17NO. The standard InChI is InChI=1S/C14H17NO/c1-2-3-4-10-15-14(16)13-7-5-6-11-8-9-12(11)13/h5-9H,2-4,10H2,1H3,(H,15,16). The van der Waals surface area contributed by atoms with Crippen LogP contribution in [-0.2, 0) is 0 Å². The largest absolute Gasteiger partial charge is 0.352 e. The molecule has 2 nitrogen and oxygen atoms in total. The van der Waals surface area contributed by atoms with Gasteiger partial charge in [-0.2, -0.15) is 0 Å². The van der Waals surface area contributed by atoms with Crippen LogP contribution in [-0.4, -0.2) is 12.5 Å². The third-order valence-electron chi connectivity index (χ3n) is 2.88. The van der Waals surface area contributed by atoms with Crippen molar-refractivity contribution in [3.8, 4) is 0 Å². The fraction of sp³-hybridized carbons (Fsp3) is 0.357. The van der Waals surface area contributed by atoms with Crippen LogP contribution in [0.15, 0.2) is 18.2 Å². The summed E-state index contributed by atoms with van der Waals surface area (Å²) in [5, 5.41) is 5.21. The Labute approximate surface area is 95.7 Å². The Morgan fingerprint density at radius 3 is 2.81 bits per heavy atom. The van der Waals surface area contributed by atoms with Crippen LogP contribution in [0.3, 0.4) is 0 Å². The van der Waals surface area contributed by atoms with Crippen LogP contribution in [0.2, 0.25) is 0 Å². The van der Waals surface area contributed by atoms with Crippen molar-refractivity contribution < 1.29 is 4.79 Å². The number of hydrogen-bond donors (Lipinski definition) is 1. The predicted molar refractivity (Wildman–Crippen MR) is 66.5 cm³/mol. The molecule has 1 aliphatic rings. The minimum absolute atomic E-state index is 0.0531. The van der Waals surface area contributed by atoms with E-state index in [1.165, 1.54) is 18.1 Å². The van der Waals surface area contributed by atoms with Gasteiger partial charge in [-0.1, -0.05) is 44.1 Å². The number of hydrogen-bond acceptors (Lipinski definition) is 1. The van der Waals surface area contributed by atoms with Crippen LogP contribution in [0.1, 0.15) is 36.5 Å². The van der Waals surface area contributed by atoms with Crippen molar-refractivity contribution in [3.63, 3.8) is 0 Å². The second-order valence-corrected chi connectivity index (χ2v) is 4.10. The first-order valence-corrected chi connectivity index (χ1v) is 5.92. The van der Waals surface area contributed by atoms with Crippen molar-refractivity contribution in [2.45, 2.75) is 26.2 Å². The maximum Gasteiger partial charge on any atom is 0.251 e. The SMILES string of the molecule is CCCCCNC(=O)c1cccc2c1=CC=2. The molecule has 1 aromatic carbocycles. The number of nitrogens with one attached hydrogen (secondary N) is 1. The summed E-state index contributed by atoms with van der Waals surface area (Å²) in [7, 11) is 0. The van der Waals surface area contributed by atoms with E-state index in [-0.39, 0.29) is 5.91 Å². The summed E-state index contributed by atoms with van der Waals surface area (Å²) in [6, 6.07) is 5.85. The van der Waals surface area contributed by atoms with Crippen molar-refractivity contribution in [2.24, 2.45) is 0 Å². The third-order valence-corrected chi connectivity index (χ3v) is 2.88. The van der Waals surface area contributed by atoms with E-state index in [0.717, 1.165) is 23.7 Å². The molecule has 0 unspecified atom stereocenters. The molecule has 0 aliphatic heterocycles. The maximum absolute atomic E-state index is 11.9. The summed E-state index contributed by atoms with van der Waals surface area (Å²) in [6.07, 6.45) is 7.44. The molecule has 0 saturated carbocycles. The number of carbonyl (C=O) groups is 1. The lowest BCUT2D eigenvalue weighted by Crippen LogP contribution is -2.39. The molecule has 0 aromatic heterocycles. The number of benzene rings is 1. The number of carbonyl (C=O) groups excluding carboxylic acids is 1. The molecule has 0 heterocycles. The van der Waals surface area contributed by atoms with Gasteiger partial charge in [-0.15, -0.1) is 0 Å². The van der Waals surface area contributed by atoms with Crippen LogP contribution in [0.4, 0.5) is 0 Å². The Morgan fingerprint density at radius 2 is 2.12 bits per heavy atom. The quantitative estimate of drug-likeness (QED) is 0.734. The third kappa shape index (κ3) is 2.16. The Balaban J connectivity index is 1.98. The fourth-order valence-corrected chi connectivity index (χ4v) is 1.86. The van der Waals surface area contributed by atoms with Crippen LogP contribution in [0, 0.1) is 0 Å². The molecule has 84 valence electrons. The predicted octanol–water partition coefficient (Wildman–Crippen LogP) is 1.18. The number of fused-ring (bicyclic) bond motifs is 1. The van der Waals surface area contributed by atoms with Crippen molar-refractivity contribution >= 4 is 18.1 Å². The van der Waals surface area contributed by atoms with Crippen LogP contribution < -0.4 is 15.8 Å². The van der Waals surface area contributed by atoms with Gasteiger partial charge in [0.05, 0.1) is 0 Å². The summed E-state index contributed by atoms with van der Waals surface area (Å²) in [5.74, 6) is 0.0531. The van der Waals surface area contributed by atoms with E-state index < -0.39 is 0 Å². The van der Waals surface area contributed by atoms with Crippen LogP contribution >= 0.6 is 0 Å². The molecule has 1 N–H and O–H groups in total. The second-order valence-electron chi connectivity index (χ2n) is 4.10. The number of rotatable bonds is 5. The van der Waals surface area contributed by atoms with Crippen molar-refractivity contribution in [2.75, 3.05) is 6.54 Å². The van der Waals surface area contributed by atoms with Crippen molar-refractivity contribution in [1.29, 1.82) is 0 Å². The van der Waals surface area contributed by atoms with E-state index in [0.29, 0.717) is 0 Å². The lowest BCUT2D eigenvalue weighted by atomic mass is 10.0. The van der Waals surface area contributed by atoms with Gasteiger partial charge in [0.1, 0.15) is 0 Å². The molecule has 1 aromatic rings. The normalized spacial score (nSPS) is 11.8. The molecule has 1 amide bonds. The average molecular weight is 215 g/mol. The molecule has 0 spiro atoms. The average Bonchev–Trinajstić information content (AvgIpc) is 2.25. The smallest absolute Gasteiger partial charge is 0.251 e. The van der Waals surface area contributed by atoms with E-state index in [2.05, 4.69) is 12.2 Å². The zero-order valence-corrected chi connectivity index (χ0v) is 9.62. The molecule has 1 aliphatic carbocycles. The van der Waals surface area contributed by atoms with Gasteiger partial charge in [0.25, 0.3) is 5.91 Å². The molecule has 0 bridgehead atoms. The van der Waals surface area contributed by atoms with Crippen molar-refractivity contribution in [3.05, 3.63) is 34.2 Å².